The Balaban J connectivity index is 2.76. The molecule has 2 rings (SSSR count). The Morgan fingerprint density at radius 3 is 3.00 bits per heavy atom. The lowest BCUT2D eigenvalue weighted by molar-refractivity contribution is 0.0697. The molecule has 0 bridgehead atoms. The number of carbonyl (C=O) groups is 1. The van der Waals surface area contributed by atoms with Gasteiger partial charge in [-0.3, -0.25) is 0 Å². The number of fused-ring (bicyclic) bond motifs is 1. The zero-order chi connectivity index (χ0) is 10.1. The molecular formula is C9H8N2O3. The molecule has 0 aliphatic rings. The van der Waals surface area contributed by atoms with Crippen LogP contribution in [0.2, 0.25) is 0 Å². The van der Waals surface area contributed by atoms with Gasteiger partial charge in [0.25, 0.3) is 0 Å². The summed E-state index contributed by atoms with van der Waals surface area (Å²) in [6, 6.07) is 4.89. The van der Waals surface area contributed by atoms with E-state index in [0.717, 1.165) is 0 Å². The predicted molar refractivity (Wildman–Crippen MR) is 50.5 cm³/mol. The highest BCUT2D eigenvalue weighted by Gasteiger charge is 2.14. The van der Waals surface area contributed by atoms with Gasteiger partial charge in [0.15, 0.2) is 11.4 Å². The van der Waals surface area contributed by atoms with Gasteiger partial charge in [-0.15, -0.1) is 0 Å². The SMILES string of the molecule is CNc1noc2c(C(=O)O)cccc12. The minimum absolute atomic E-state index is 0.122. The maximum atomic E-state index is 10.8. The fourth-order valence-electron chi connectivity index (χ4n) is 1.31. The van der Waals surface area contributed by atoms with Gasteiger partial charge >= 0.3 is 5.97 Å². The molecule has 5 nitrogen and oxygen atoms in total. The van der Waals surface area contributed by atoms with Crippen LogP contribution >= 0.6 is 0 Å². The summed E-state index contributed by atoms with van der Waals surface area (Å²) in [5, 5.41) is 16.1. The van der Waals surface area contributed by atoms with E-state index < -0.39 is 5.97 Å². The quantitative estimate of drug-likeness (QED) is 0.755. The van der Waals surface area contributed by atoms with Crippen LogP contribution in [-0.2, 0) is 0 Å². The van der Waals surface area contributed by atoms with Crippen molar-refractivity contribution < 1.29 is 14.4 Å². The van der Waals surface area contributed by atoms with Gasteiger partial charge in [0.05, 0.1) is 5.39 Å². The molecule has 0 aliphatic heterocycles. The summed E-state index contributed by atoms with van der Waals surface area (Å²) < 4.78 is 4.94. The molecule has 0 unspecified atom stereocenters. The Morgan fingerprint density at radius 2 is 2.36 bits per heavy atom. The molecule has 0 aliphatic carbocycles. The third kappa shape index (κ3) is 1.10. The second-order valence-corrected chi connectivity index (χ2v) is 2.77. The van der Waals surface area contributed by atoms with E-state index in [1.807, 2.05) is 0 Å². The lowest BCUT2D eigenvalue weighted by Gasteiger charge is -1.94. The molecule has 0 spiro atoms. The zero-order valence-electron chi connectivity index (χ0n) is 7.44. The highest BCUT2D eigenvalue weighted by molar-refractivity contribution is 6.03. The lowest BCUT2D eigenvalue weighted by atomic mass is 10.1. The number of aromatic nitrogens is 1. The van der Waals surface area contributed by atoms with Gasteiger partial charge in [-0.25, -0.2) is 4.79 Å². The van der Waals surface area contributed by atoms with Crippen molar-refractivity contribution in [1.29, 1.82) is 0 Å². The van der Waals surface area contributed by atoms with Crippen molar-refractivity contribution in [2.45, 2.75) is 0 Å². The van der Waals surface area contributed by atoms with Crippen LogP contribution in [0.1, 0.15) is 10.4 Å². The van der Waals surface area contributed by atoms with Crippen LogP contribution < -0.4 is 5.32 Å². The van der Waals surface area contributed by atoms with Crippen LogP contribution in [0.5, 0.6) is 0 Å². The third-order valence-corrected chi connectivity index (χ3v) is 1.97. The molecule has 5 heteroatoms. The van der Waals surface area contributed by atoms with Crippen LogP contribution in [0.15, 0.2) is 22.7 Å². The van der Waals surface area contributed by atoms with Crippen LogP contribution in [-0.4, -0.2) is 23.3 Å². The molecule has 0 atom stereocenters. The Hall–Kier alpha value is -2.04. The van der Waals surface area contributed by atoms with Gasteiger partial charge in [-0.1, -0.05) is 11.2 Å². The van der Waals surface area contributed by atoms with E-state index in [-0.39, 0.29) is 5.56 Å². The molecule has 72 valence electrons. The first-order valence-electron chi connectivity index (χ1n) is 4.03. The molecular weight excluding hydrogens is 184 g/mol. The molecule has 0 saturated carbocycles. The van der Waals surface area contributed by atoms with Gasteiger partial charge in [0.1, 0.15) is 5.56 Å². The van der Waals surface area contributed by atoms with Crippen LogP contribution in [0, 0.1) is 0 Å². The number of rotatable bonds is 2. The zero-order valence-corrected chi connectivity index (χ0v) is 7.44. The summed E-state index contributed by atoms with van der Waals surface area (Å²) in [4.78, 5) is 10.8. The maximum absolute atomic E-state index is 10.8. The largest absolute Gasteiger partial charge is 0.478 e. The first-order chi connectivity index (χ1) is 6.74. The van der Waals surface area contributed by atoms with E-state index in [1.165, 1.54) is 6.07 Å². The van der Waals surface area contributed by atoms with E-state index in [1.54, 1.807) is 19.2 Å². The summed E-state index contributed by atoms with van der Waals surface area (Å²) >= 11 is 0. The summed E-state index contributed by atoms with van der Waals surface area (Å²) in [7, 11) is 1.70. The van der Waals surface area contributed by atoms with Gasteiger partial charge in [0, 0.05) is 7.05 Å². The van der Waals surface area contributed by atoms with E-state index in [0.29, 0.717) is 16.8 Å². The number of para-hydroxylation sites is 1. The van der Waals surface area contributed by atoms with Crippen molar-refractivity contribution in [1.82, 2.24) is 5.16 Å². The van der Waals surface area contributed by atoms with E-state index in [2.05, 4.69) is 10.5 Å². The molecule has 0 fully saturated rings. The highest BCUT2D eigenvalue weighted by atomic mass is 16.5. The Morgan fingerprint density at radius 1 is 1.57 bits per heavy atom. The van der Waals surface area contributed by atoms with Crippen LogP contribution in [0.4, 0.5) is 5.82 Å². The van der Waals surface area contributed by atoms with E-state index in [9.17, 15) is 4.79 Å². The topological polar surface area (TPSA) is 75.4 Å². The number of hydrogen-bond acceptors (Lipinski definition) is 4. The predicted octanol–water partition coefficient (Wildman–Crippen LogP) is 1.57. The fraction of sp³-hybridized carbons (Fsp3) is 0.111. The van der Waals surface area contributed by atoms with Gasteiger partial charge in [0.2, 0.25) is 0 Å². The van der Waals surface area contributed by atoms with E-state index in [4.69, 9.17) is 9.63 Å². The normalized spacial score (nSPS) is 10.4. The average Bonchev–Trinajstić information content (AvgIpc) is 2.59. The molecule has 1 aromatic carbocycles. The van der Waals surface area contributed by atoms with Gasteiger partial charge in [-0.2, -0.15) is 0 Å². The number of nitrogens with one attached hydrogen (secondary N) is 1. The molecule has 0 radical (unpaired) electrons. The van der Waals surface area contributed by atoms with Crippen molar-refractivity contribution in [2.24, 2.45) is 0 Å². The third-order valence-electron chi connectivity index (χ3n) is 1.97. The second kappa shape index (κ2) is 3.02. The maximum Gasteiger partial charge on any atom is 0.339 e. The Kier molecular flexibility index (Phi) is 1.85. The van der Waals surface area contributed by atoms with Crippen LogP contribution in [0.3, 0.4) is 0 Å². The first-order valence-corrected chi connectivity index (χ1v) is 4.03. The summed E-state index contributed by atoms with van der Waals surface area (Å²) in [5.74, 6) is -0.475. The van der Waals surface area contributed by atoms with Crippen LogP contribution in [0.25, 0.3) is 11.0 Å². The van der Waals surface area contributed by atoms with Crippen molar-refractivity contribution in [3.8, 4) is 0 Å². The molecule has 2 N–H and O–H groups in total. The standard InChI is InChI=1S/C9H8N2O3/c1-10-8-5-3-2-4-6(9(12)13)7(5)14-11-8/h2-4H,1H3,(H,10,11)(H,12,13). The smallest absolute Gasteiger partial charge is 0.339 e. The number of nitrogens with zero attached hydrogens (tertiary/aromatic N) is 1. The number of benzene rings is 1. The number of hydrogen-bond donors (Lipinski definition) is 2. The number of carboxylic acids is 1. The molecule has 0 amide bonds. The summed E-state index contributed by atoms with van der Waals surface area (Å²) in [6.45, 7) is 0. The first kappa shape index (κ1) is 8.55. The minimum atomic E-state index is -1.02. The minimum Gasteiger partial charge on any atom is -0.478 e. The summed E-state index contributed by atoms with van der Waals surface area (Å²) in [5.41, 5.74) is 0.417. The van der Waals surface area contributed by atoms with Gasteiger partial charge in [-0.05, 0) is 12.1 Å². The molecule has 1 heterocycles. The average molecular weight is 192 g/mol. The number of anilines is 1. The number of aromatic carboxylic acids is 1. The highest BCUT2D eigenvalue weighted by Crippen LogP contribution is 2.25. The molecule has 2 aromatic rings. The monoisotopic (exact) mass is 192 g/mol. The lowest BCUT2D eigenvalue weighted by Crippen LogP contribution is -1.96. The molecule has 14 heavy (non-hydrogen) atoms. The molecule has 1 aromatic heterocycles. The molecule has 0 saturated heterocycles. The Labute approximate surface area is 79.3 Å². The van der Waals surface area contributed by atoms with Crippen molar-refractivity contribution >= 4 is 22.8 Å². The van der Waals surface area contributed by atoms with Crippen molar-refractivity contribution in [2.75, 3.05) is 12.4 Å². The van der Waals surface area contributed by atoms with Crippen molar-refractivity contribution in [3.05, 3.63) is 23.8 Å². The summed E-state index contributed by atoms with van der Waals surface area (Å²) in [6.07, 6.45) is 0. The Bertz CT molecular complexity index is 490. The second-order valence-electron chi connectivity index (χ2n) is 2.77. The van der Waals surface area contributed by atoms with Crippen molar-refractivity contribution in [3.63, 3.8) is 0 Å². The van der Waals surface area contributed by atoms with Gasteiger partial charge < -0.3 is 14.9 Å². The fourth-order valence-corrected chi connectivity index (χ4v) is 1.31. The number of carboxylic acid groups (broad SMARTS) is 1. The van der Waals surface area contributed by atoms with E-state index >= 15 is 0 Å².